The highest BCUT2D eigenvalue weighted by atomic mass is 14.8. The van der Waals surface area contributed by atoms with Gasteiger partial charge in [0.25, 0.3) is 6.21 Å². The van der Waals surface area contributed by atoms with Crippen LogP contribution >= 0.6 is 0 Å². The zero-order chi connectivity index (χ0) is 8.10. The largest absolute Gasteiger partial charge is 0.399 e. The maximum atomic E-state index is 8.13. The molecule has 0 atom stereocenters. The van der Waals surface area contributed by atoms with Crippen molar-refractivity contribution in [3.63, 3.8) is 0 Å². The first-order valence-corrected chi connectivity index (χ1v) is 3.33. The van der Waals surface area contributed by atoms with Crippen molar-refractivity contribution in [3.8, 4) is 0 Å². The molecule has 0 fully saturated rings. The summed E-state index contributed by atoms with van der Waals surface area (Å²) in [5.41, 5.74) is 15.4. The Balaban J connectivity index is 2.73. The lowest BCUT2D eigenvalue weighted by atomic mass is 10.1. The maximum Gasteiger partial charge on any atom is 0.261 e. The van der Waals surface area contributed by atoms with Gasteiger partial charge in [-0.2, -0.15) is 4.79 Å². The minimum Gasteiger partial charge on any atom is -0.399 e. The molecule has 56 valence electrons. The second-order valence-corrected chi connectivity index (χ2v) is 2.24. The van der Waals surface area contributed by atoms with E-state index >= 15 is 0 Å². The van der Waals surface area contributed by atoms with Crippen LogP contribution in [0.2, 0.25) is 0 Å². The molecule has 0 unspecified atom stereocenters. The highest BCUT2D eigenvalue weighted by Crippen LogP contribution is 2.04. The minimum atomic E-state index is 0.636. The number of benzene rings is 1. The van der Waals surface area contributed by atoms with E-state index in [-0.39, 0.29) is 0 Å². The van der Waals surface area contributed by atoms with Gasteiger partial charge in [-0.15, -0.1) is 0 Å². The van der Waals surface area contributed by atoms with Crippen LogP contribution in [0.4, 0.5) is 5.69 Å². The van der Waals surface area contributed by atoms with Crippen LogP contribution in [0.15, 0.2) is 24.3 Å². The van der Waals surface area contributed by atoms with Gasteiger partial charge in [0.05, 0.1) is 6.42 Å². The van der Waals surface area contributed by atoms with Gasteiger partial charge < -0.3 is 11.3 Å². The Morgan fingerprint density at radius 1 is 1.36 bits per heavy atom. The Morgan fingerprint density at radius 3 is 2.55 bits per heavy atom. The third-order valence-electron chi connectivity index (χ3n) is 1.39. The van der Waals surface area contributed by atoms with E-state index in [0.29, 0.717) is 6.42 Å². The molecule has 0 saturated heterocycles. The number of nitrogens with two attached hydrogens (primary N) is 1. The highest BCUT2D eigenvalue weighted by Gasteiger charge is 1.91. The molecule has 0 radical (unpaired) electrons. The first kappa shape index (κ1) is 7.51. The molecule has 1 aromatic rings. The Labute approximate surface area is 65.1 Å². The first-order valence-electron chi connectivity index (χ1n) is 3.33. The van der Waals surface area contributed by atoms with Gasteiger partial charge in [0, 0.05) is 5.69 Å². The number of anilines is 1. The summed E-state index contributed by atoms with van der Waals surface area (Å²) in [6.45, 7) is 0. The molecule has 3 heteroatoms. The molecule has 0 spiro atoms. The van der Waals surface area contributed by atoms with Gasteiger partial charge in [0.2, 0.25) is 0 Å². The van der Waals surface area contributed by atoms with E-state index in [0.717, 1.165) is 11.3 Å². The number of hydrogen-bond acceptors (Lipinski definition) is 1. The molecule has 0 aliphatic heterocycles. The van der Waals surface area contributed by atoms with E-state index in [9.17, 15) is 0 Å². The van der Waals surface area contributed by atoms with E-state index in [1.807, 2.05) is 24.3 Å². The van der Waals surface area contributed by atoms with Crippen molar-refractivity contribution in [1.29, 1.82) is 0 Å². The van der Waals surface area contributed by atoms with Gasteiger partial charge >= 0.3 is 0 Å². The Morgan fingerprint density at radius 2 is 2.00 bits per heavy atom. The smallest absolute Gasteiger partial charge is 0.261 e. The van der Waals surface area contributed by atoms with Crippen LogP contribution in [-0.2, 0) is 6.42 Å². The van der Waals surface area contributed by atoms with E-state index in [2.05, 4.69) is 4.79 Å². The van der Waals surface area contributed by atoms with Crippen LogP contribution in [0.1, 0.15) is 5.56 Å². The molecule has 2 N–H and O–H groups in total. The lowest BCUT2D eigenvalue weighted by Gasteiger charge is -1.93. The second kappa shape index (κ2) is 3.54. The lowest BCUT2D eigenvalue weighted by Crippen LogP contribution is -1.88. The minimum absolute atomic E-state index is 0.636. The summed E-state index contributed by atoms with van der Waals surface area (Å²) in [6, 6.07) is 7.44. The van der Waals surface area contributed by atoms with Gasteiger partial charge in [0.15, 0.2) is 0 Å². The molecule has 0 heterocycles. The third-order valence-corrected chi connectivity index (χ3v) is 1.39. The molecular formula is C8H9N3. The van der Waals surface area contributed by atoms with E-state index in [1.54, 1.807) is 0 Å². The van der Waals surface area contributed by atoms with Crippen molar-refractivity contribution in [2.24, 2.45) is 0 Å². The lowest BCUT2D eigenvalue weighted by molar-refractivity contribution is 0.00158. The quantitative estimate of drug-likeness (QED) is 0.289. The third kappa shape index (κ3) is 2.24. The fraction of sp³-hybridized carbons (Fsp3) is 0.125. The molecule has 11 heavy (non-hydrogen) atoms. The van der Waals surface area contributed by atoms with Crippen LogP contribution < -0.4 is 5.73 Å². The molecular weight excluding hydrogens is 138 g/mol. The summed E-state index contributed by atoms with van der Waals surface area (Å²) in [6.07, 6.45) is 2.07. The maximum absolute atomic E-state index is 8.13. The topological polar surface area (TPSA) is 62.4 Å². The monoisotopic (exact) mass is 147 g/mol. The molecule has 1 rings (SSSR count). The van der Waals surface area contributed by atoms with Crippen molar-refractivity contribution in [1.82, 2.24) is 0 Å². The van der Waals surface area contributed by atoms with Crippen molar-refractivity contribution in [2.75, 3.05) is 5.73 Å². The molecule has 0 aliphatic carbocycles. The van der Waals surface area contributed by atoms with Crippen LogP contribution in [0.3, 0.4) is 0 Å². The van der Waals surface area contributed by atoms with Crippen molar-refractivity contribution >= 4 is 11.9 Å². The average molecular weight is 147 g/mol. The van der Waals surface area contributed by atoms with Crippen LogP contribution in [0, 0.1) is 0 Å². The van der Waals surface area contributed by atoms with Crippen molar-refractivity contribution in [2.45, 2.75) is 6.42 Å². The van der Waals surface area contributed by atoms with E-state index in [1.165, 1.54) is 6.21 Å². The summed E-state index contributed by atoms with van der Waals surface area (Å²) in [4.78, 5) is 2.90. The predicted octanol–water partition coefficient (Wildman–Crippen LogP) is 1.11. The van der Waals surface area contributed by atoms with Gasteiger partial charge in [-0.25, -0.2) is 0 Å². The highest BCUT2D eigenvalue weighted by molar-refractivity contribution is 5.56. The summed E-state index contributed by atoms with van der Waals surface area (Å²) in [5, 5.41) is 0. The predicted molar refractivity (Wildman–Crippen MR) is 44.2 cm³/mol. The fourth-order valence-electron chi connectivity index (χ4n) is 0.800. The summed E-state index contributed by atoms with van der Waals surface area (Å²) in [5.74, 6) is 0. The molecule has 1 aromatic carbocycles. The van der Waals surface area contributed by atoms with Crippen molar-refractivity contribution in [3.05, 3.63) is 35.4 Å². The fourth-order valence-corrected chi connectivity index (χ4v) is 0.800. The van der Waals surface area contributed by atoms with Crippen LogP contribution in [-0.4, -0.2) is 11.0 Å². The van der Waals surface area contributed by atoms with Gasteiger partial charge in [0.1, 0.15) is 0 Å². The normalized spacial score (nSPS) is 8.73. The zero-order valence-electron chi connectivity index (χ0n) is 6.07. The number of nitrogens with zero attached hydrogens (tertiary/aromatic N) is 2. The molecule has 0 aromatic heterocycles. The Kier molecular flexibility index (Phi) is 2.42. The van der Waals surface area contributed by atoms with Gasteiger partial charge in [-0.1, -0.05) is 12.1 Å². The van der Waals surface area contributed by atoms with Crippen LogP contribution in [0.5, 0.6) is 0 Å². The average Bonchev–Trinajstić information content (AvgIpc) is 2.04. The number of nitrogen functional groups attached to an aromatic ring is 1. The summed E-state index contributed by atoms with van der Waals surface area (Å²) >= 11 is 0. The van der Waals surface area contributed by atoms with E-state index in [4.69, 9.17) is 11.3 Å². The molecule has 0 bridgehead atoms. The Bertz CT molecular complexity index is 270. The summed E-state index contributed by atoms with van der Waals surface area (Å²) < 4.78 is 0. The second-order valence-electron chi connectivity index (χ2n) is 2.24. The van der Waals surface area contributed by atoms with Crippen LogP contribution in [0.25, 0.3) is 5.53 Å². The van der Waals surface area contributed by atoms with E-state index < -0.39 is 0 Å². The van der Waals surface area contributed by atoms with Gasteiger partial charge in [-0.05, 0) is 17.7 Å². The SMILES string of the molecule is [N-]=[N+]=CCc1ccc(N)cc1. The standard InChI is InChI=1S/C8H9N3/c9-8-3-1-7(2-4-8)5-6-11-10/h1-4,6H,5,9H2. The Hall–Kier alpha value is -1.60. The molecule has 0 amide bonds. The number of rotatable bonds is 2. The van der Waals surface area contributed by atoms with Gasteiger partial charge in [-0.3, -0.25) is 0 Å². The molecule has 3 nitrogen and oxygen atoms in total. The molecule has 0 saturated carbocycles. The molecule has 0 aliphatic rings. The zero-order valence-corrected chi connectivity index (χ0v) is 6.07. The summed E-state index contributed by atoms with van der Waals surface area (Å²) in [7, 11) is 0. The first-order chi connectivity index (χ1) is 5.33. The number of hydrogen-bond donors (Lipinski definition) is 1. The van der Waals surface area contributed by atoms with Crippen molar-refractivity contribution < 1.29 is 4.79 Å².